The molecule has 14 heavy (non-hydrogen) atoms. The van der Waals surface area contributed by atoms with Gasteiger partial charge in [-0.3, -0.25) is 0 Å². The number of ether oxygens (including phenoxy) is 1. The lowest BCUT2D eigenvalue weighted by Crippen LogP contribution is -1.99. The van der Waals surface area contributed by atoms with Crippen LogP contribution in [0, 0.1) is 0 Å². The fraction of sp³-hybridized carbons (Fsp3) is 0.250. The van der Waals surface area contributed by atoms with Crippen LogP contribution in [0.4, 0.5) is 8.28 Å². The number of hydrogen-bond acceptors (Lipinski definition) is 3. The minimum absolute atomic E-state index is 0.109. The zero-order chi connectivity index (χ0) is 10.6. The number of rotatable bonds is 4. The number of halogens is 2. The van der Waals surface area contributed by atoms with E-state index in [1.54, 1.807) is 0 Å². The van der Waals surface area contributed by atoms with Crippen molar-refractivity contribution in [2.45, 2.75) is 4.90 Å². The predicted octanol–water partition coefficient (Wildman–Crippen LogP) is 1.69. The highest BCUT2D eigenvalue weighted by Gasteiger charge is 2.10. The molecule has 78 valence electrons. The topological polar surface area (TPSA) is 43.4 Å². The average Bonchev–Trinajstić information content (AvgIpc) is 2.14. The van der Waals surface area contributed by atoms with Crippen LogP contribution in [-0.4, -0.2) is 21.7 Å². The molecule has 0 heterocycles. The van der Waals surface area contributed by atoms with Crippen molar-refractivity contribution >= 4 is 10.2 Å². The van der Waals surface area contributed by atoms with Crippen molar-refractivity contribution in [3.8, 4) is 5.75 Å². The maximum absolute atomic E-state index is 12.4. The van der Waals surface area contributed by atoms with E-state index < -0.39 is 21.8 Å². The van der Waals surface area contributed by atoms with Crippen LogP contribution >= 0.6 is 0 Å². The quantitative estimate of drug-likeness (QED) is 0.728. The first kappa shape index (κ1) is 10.9. The van der Waals surface area contributed by atoms with E-state index in [1.165, 1.54) is 12.1 Å². The third-order valence-electron chi connectivity index (χ3n) is 1.45. The SMILES string of the molecule is O=S(=O)(F)c1ccc(OCCF)cc1. The zero-order valence-corrected chi connectivity index (χ0v) is 7.93. The molecule has 6 heteroatoms. The Morgan fingerprint density at radius 1 is 1.21 bits per heavy atom. The monoisotopic (exact) mass is 222 g/mol. The van der Waals surface area contributed by atoms with Gasteiger partial charge >= 0.3 is 10.2 Å². The molecule has 0 spiro atoms. The Bertz CT molecular complexity index is 386. The van der Waals surface area contributed by atoms with Crippen LogP contribution in [-0.2, 0) is 10.2 Å². The van der Waals surface area contributed by atoms with Gasteiger partial charge in [0.2, 0.25) is 0 Å². The van der Waals surface area contributed by atoms with E-state index >= 15 is 0 Å². The second-order valence-electron chi connectivity index (χ2n) is 2.45. The summed E-state index contributed by atoms with van der Waals surface area (Å²) in [6.45, 7) is -0.745. The molecule has 0 unspecified atom stereocenters. The fourth-order valence-electron chi connectivity index (χ4n) is 0.855. The van der Waals surface area contributed by atoms with Gasteiger partial charge < -0.3 is 4.74 Å². The average molecular weight is 222 g/mol. The number of benzene rings is 1. The number of hydrogen-bond donors (Lipinski definition) is 0. The summed E-state index contributed by atoms with van der Waals surface area (Å²) in [6.07, 6.45) is 0. The summed E-state index contributed by atoms with van der Waals surface area (Å²) in [5.74, 6) is 0.301. The second-order valence-corrected chi connectivity index (χ2v) is 3.79. The van der Waals surface area contributed by atoms with Crippen LogP contribution in [0.3, 0.4) is 0 Å². The Kier molecular flexibility index (Phi) is 3.40. The highest BCUT2D eigenvalue weighted by Crippen LogP contribution is 2.17. The molecule has 0 aromatic heterocycles. The lowest BCUT2D eigenvalue weighted by atomic mass is 10.3. The summed E-state index contributed by atoms with van der Waals surface area (Å²) in [7, 11) is -4.67. The van der Waals surface area contributed by atoms with Gasteiger partial charge in [0, 0.05) is 0 Å². The molecular formula is C8H8F2O3S. The van der Waals surface area contributed by atoms with Crippen molar-refractivity contribution in [3.05, 3.63) is 24.3 Å². The normalized spacial score (nSPS) is 11.3. The molecule has 3 nitrogen and oxygen atoms in total. The first-order valence-electron chi connectivity index (χ1n) is 3.77. The van der Waals surface area contributed by atoms with Crippen molar-refractivity contribution < 1.29 is 21.4 Å². The summed E-state index contributed by atoms with van der Waals surface area (Å²) in [5.41, 5.74) is 0. The van der Waals surface area contributed by atoms with Gasteiger partial charge in [0.05, 0.1) is 4.90 Å². The van der Waals surface area contributed by atoms with E-state index in [9.17, 15) is 16.7 Å². The molecule has 0 atom stereocenters. The Labute approximate surface area is 80.5 Å². The molecule has 0 bridgehead atoms. The summed E-state index contributed by atoms with van der Waals surface area (Å²) in [4.78, 5) is -0.440. The Morgan fingerprint density at radius 3 is 2.21 bits per heavy atom. The largest absolute Gasteiger partial charge is 0.491 e. The van der Waals surface area contributed by atoms with E-state index in [-0.39, 0.29) is 6.61 Å². The molecule has 0 fully saturated rings. The van der Waals surface area contributed by atoms with E-state index in [4.69, 9.17) is 4.74 Å². The molecule has 0 saturated heterocycles. The standard InChI is InChI=1S/C8H8F2O3S/c9-5-6-13-7-1-3-8(4-2-7)14(10,11)12/h1-4H,5-6H2. The maximum Gasteiger partial charge on any atom is 0.332 e. The summed E-state index contributed by atoms with van der Waals surface area (Å²) >= 11 is 0. The van der Waals surface area contributed by atoms with Gasteiger partial charge in [-0.05, 0) is 24.3 Å². The molecule has 0 aliphatic carbocycles. The second kappa shape index (κ2) is 4.36. The van der Waals surface area contributed by atoms with Crippen molar-refractivity contribution in [1.29, 1.82) is 0 Å². The van der Waals surface area contributed by atoms with E-state index in [0.717, 1.165) is 12.1 Å². The zero-order valence-electron chi connectivity index (χ0n) is 7.11. The third-order valence-corrected chi connectivity index (χ3v) is 2.29. The molecule has 0 radical (unpaired) electrons. The van der Waals surface area contributed by atoms with Crippen LogP contribution in [0.15, 0.2) is 29.2 Å². The number of alkyl halides is 1. The highest BCUT2D eigenvalue weighted by atomic mass is 32.3. The van der Waals surface area contributed by atoms with E-state index in [1.807, 2.05) is 0 Å². The van der Waals surface area contributed by atoms with Crippen molar-refractivity contribution in [2.75, 3.05) is 13.3 Å². The summed E-state index contributed by atoms with van der Waals surface area (Å²) in [5, 5.41) is 0. The Hall–Kier alpha value is -1.17. The fourth-order valence-corrected chi connectivity index (χ4v) is 1.32. The highest BCUT2D eigenvalue weighted by molar-refractivity contribution is 7.86. The van der Waals surface area contributed by atoms with Gasteiger partial charge in [-0.2, -0.15) is 8.42 Å². The third kappa shape index (κ3) is 2.95. The van der Waals surface area contributed by atoms with Crippen LogP contribution in [0.2, 0.25) is 0 Å². The van der Waals surface area contributed by atoms with Crippen LogP contribution < -0.4 is 4.74 Å². The predicted molar refractivity (Wildman–Crippen MR) is 46.2 cm³/mol. The molecule has 1 rings (SSSR count). The molecule has 0 N–H and O–H groups in total. The Morgan fingerprint density at radius 2 is 1.79 bits per heavy atom. The maximum atomic E-state index is 12.4. The van der Waals surface area contributed by atoms with E-state index in [0.29, 0.717) is 5.75 Å². The smallest absolute Gasteiger partial charge is 0.332 e. The van der Waals surface area contributed by atoms with Gasteiger partial charge in [-0.1, -0.05) is 0 Å². The lowest BCUT2D eigenvalue weighted by molar-refractivity contribution is 0.273. The van der Waals surface area contributed by atoms with Gasteiger partial charge in [0.1, 0.15) is 19.0 Å². The van der Waals surface area contributed by atoms with Crippen LogP contribution in [0.25, 0.3) is 0 Å². The van der Waals surface area contributed by atoms with Crippen molar-refractivity contribution in [3.63, 3.8) is 0 Å². The van der Waals surface area contributed by atoms with Crippen molar-refractivity contribution in [1.82, 2.24) is 0 Å². The lowest BCUT2D eigenvalue weighted by Gasteiger charge is -2.02. The first-order valence-corrected chi connectivity index (χ1v) is 5.16. The van der Waals surface area contributed by atoms with E-state index in [2.05, 4.69) is 0 Å². The molecule has 0 amide bonds. The minimum Gasteiger partial charge on any atom is -0.491 e. The summed E-state index contributed by atoms with van der Waals surface area (Å²) < 4.78 is 49.7. The van der Waals surface area contributed by atoms with Crippen LogP contribution in [0.1, 0.15) is 0 Å². The molecule has 0 aliphatic rings. The molecular weight excluding hydrogens is 214 g/mol. The van der Waals surface area contributed by atoms with Gasteiger partial charge in [0.25, 0.3) is 0 Å². The van der Waals surface area contributed by atoms with Gasteiger partial charge in [-0.25, -0.2) is 4.39 Å². The molecule has 1 aromatic rings. The Balaban J connectivity index is 2.79. The molecule has 0 saturated carbocycles. The molecule has 1 aromatic carbocycles. The minimum atomic E-state index is -4.67. The van der Waals surface area contributed by atoms with Gasteiger partial charge in [-0.15, -0.1) is 3.89 Å². The summed E-state index contributed by atoms with van der Waals surface area (Å²) in [6, 6.07) is 4.65. The van der Waals surface area contributed by atoms with Gasteiger partial charge in [0.15, 0.2) is 0 Å². The van der Waals surface area contributed by atoms with Crippen molar-refractivity contribution in [2.24, 2.45) is 0 Å². The first-order chi connectivity index (χ1) is 6.54. The van der Waals surface area contributed by atoms with Crippen LogP contribution in [0.5, 0.6) is 5.75 Å². The molecule has 0 aliphatic heterocycles.